The second-order valence-electron chi connectivity index (χ2n) is 19.2. The Morgan fingerprint density at radius 1 is 0.318 bits per heavy atom. The Hall–Kier alpha value is -2.63. The summed E-state index contributed by atoms with van der Waals surface area (Å²) in [5, 5.41) is 0. The number of ether oxygens (including phenoxy) is 3. The topological polar surface area (TPSA) is 78.9 Å². The van der Waals surface area contributed by atoms with Gasteiger partial charge in [-0.05, 0) is 77.0 Å². The summed E-state index contributed by atoms with van der Waals surface area (Å²) < 4.78 is 16.8. The van der Waals surface area contributed by atoms with Gasteiger partial charge in [-0.2, -0.15) is 0 Å². The van der Waals surface area contributed by atoms with Crippen LogP contribution in [0.1, 0.15) is 297 Å². The summed E-state index contributed by atoms with van der Waals surface area (Å²) >= 11 is 0. The van der Waals surface area contributed by atoms with E-state index in [4.69, 9.17) is 14.2 Å². The molecule has 0 aliphatic rings. The highest BCUT2D eigenvalue weighted by Crippen LogP contribution is 2.16. The SMILES string of the molecule is CCCCC/C=C\C/C=C\CCCCCCCCCC(=O)OCC(COC(=O)CCCCCCCCCCCCCCCCC)OC(=O)CCCCC/C=C\C=C/CCCCCCCCC. The lowest BCUT2D eigenvalue weighted by Gasteiger charge is -2.18. The van der Waals surface area contributed by atoms with E-state index in [1.165, 1.54) is 173 Å². The van der Waals surface area contributed by atoms with Crippen molar-refractivity contribution in [1.29, 1.82) is 0 Å². The highest BCUT2D eigenvalue weighted by Gasteiger charge is 2.19. The Morgan fingerprint density at radius 2 is 0.591 bits per heavy atom. The van der Waals surface area contributed by atoms with Gasteiger partial charge < -0.3 is 14.2 Å². The fourth-order valence-electron chi connectivity index (χ4n) is 8.23. The maximum Gasteiger partial charge on any atom is 0.306 e. The second-order valence-corrected chi connectivity index (χ2v) is 19.2. The van der Waals surface area contributed by atoms with Gasteiger partial charge in [-0.25, -0.2) is 0 Å². The standard InChI is InChI=1S/C60H108O6/c1-4-7-10-13-16-19-22-25-28-30-33-35-38-41-44-47-50-53-59(62)65-56-57(55-64-58(61)52-49-46-43-40-37-34-31-27-24-21-18-15-12-9-6-3)66-60(63)54-51-48-45-42-39-36-32-29-26-23-20-17-14-11-8-5-2/h16,19,25,28-29,32,36,39,57H,4-15,17-18,20-24,26-27,30-31,33-35,37-38,40-56H2,1-3H3/b19-16-,28-25-,32-29-,39-36-. The van der Waals surface area contributed by atoms with Crippen LogP contribution in [0, 0.1) is 0 Å². The predicted octanol–water partition coefficient (Wildman–Crippen LogP) is 19.0. The molecule has 66 heavy (non-hydrogen) atoms. The van der Waals surface area contributed by atoms with Gasteiger partial charge in [0.05, 0.1) is 0 Å². The minimum atomic E-state index is -0.788. The molecule has 0 bridgehead atoms. The largest absolute Gasteiger partial charge is 0.462 e. The van der Waals surface area contributed by atoms with E-state index < -0.39 is 6.10 Å². The van der Waals surface area contributed by atoms with Crippen molar-refractivity contribution in [2.45, 2.75) is 303 Å². The van der Waals surface area contributed by atoms with Crippen molar-refractivity contribution in [3.05, 3.63) is 48.6 Å². The highest BCUT2D eigenvalue weighted by molar-refractivity contribution is 5.71. The third kappa shape index (κ3) is 52.3. The van der Waals surface area contributed by atoms with Gasteiger partial charge in [0.2, 0.25) is 0 Å². The van der Waals surface area contributed by atoms with Crippen LogP contribution in [0.5, 0.6) is 0 Å². The summed E-state index contributed by atoms with van der Waals surface area (Å²) in [5.41, 5.74) is 0. The highest BCUT2D eigenvalue weighted by atomic mass is 16.6. The van der Waals surface area contributed by atoms with E-state index in [9.17, 15) is 14.4 Å². The van der Waals surface area contributed by atoms with Crippen LogP contribution in [0.15, 0.2) is 48.6 Å². The normalized spacial score (nSPS) is 12.3. The van der Waals surface area contributed by atoms with E-state index >= 15 is 0 Å². The summed E-state index contributed by atoms with van der Waals surface area (Å²) in [7, 11) is 0. The van der Waals surface area contributed by atoms with E-state index in [1.807, 2.05) is 0 Å². The first-order chi connectivity index (χ1) is 32.5. The fraction of sp³-hybridized carbons (Fsp3) is 0.817. The van der Waals surface area contributed by atoms with E-state index in [0.29, 0.717) is 19.3 Å². The first kappa shape index (κ1) is 63.4. The fourth-order valence-corrected chi connectivity index (χ4v) is 8.23. The van der Waals surface area contributed by atoms with Crippen molar-refractivity contribution >= 4 is 17.9 Å². The molecule has 6 nitrogen and oxygen atoms in total. The van der Waals surface area contributed by atoms with Gasteiger partial charge in [-0.15, -0.1) is 0 Å². The van der Waals surface area contributed by atoms with Gasteiger partial charge in [0.1, 0.15) is 13.2 Å². The van der Waals surface area contributed by atoms with Crippen molar-refractivity contribution in [1.82, 2.24) is 0 Å². The summed E-state index contributed by atoms with van der Waals surface area (Å²) in [4.78, 5) is 38.1. The lowest BCUT2D eigenvalue weighted by Crippen LogP contribution is -2.30. The lowest BCUT2D eigenvalue weighted by atomic mass is 10.0. The minimum absolute atomic E-state index is 0.0835. The predicted molar refractivity (Wildman–Crippen MR) is 284 cm³/mol. The van der Waals surface area contributed by atoms with Crippen LogP contribution >= 0.6 is 0 Å². The van der Waals surface area contributed by atoms with Crippen molar-refractivity contribution < 1.29 is 28.6 Å². The van der Waals surface area contributed by atoms with Gasteiger partial charge in [-0.3, -0.25) is 14.4 Å². The van der Waals surface area contributed by atoms with Gasteiger partial charge in [0, 0.05) is 19.3 Å². The molecule has 0 fully saturated rings. The van der Waals surface area contributed by atoms with E-state index in [2.05, 4.69) is 69.4 Å². The number of unbranched alkanes of at least 4 members (excludes halogenated alkanes) is 34. The van der Waals surface area contributed by atoms with E-state index in [-0.39, 0.29) is 31.1 Å². The Labute approximate surface area is 409 Å². The van der Waals surface area contributed by atoms with Crippen LogP contribution in [0.2, 0.25) is 0 Å². The molecule has 0 spiro atoms. The molecule has 0 aliphatic carbocycles. The Bertz CT molecular complexity index is 1150. The molecule has 0 heterocycles. The molecule has 0 aliphatic heterocycles. The smallest absolute Gasteiger partial charge is 0.306 e. The van der Waals surface area contributed by atoms with Crippen LogP contribution in [-0.4, -0.2) is 37.2 Å². The number of hydrogen-bond donors (Lipinski definition) is 0. The number of carbonyl (C=O) groups excluding carboxylic acids is 3. The molecule has 384 valence electrons. The average molecular weight is 926 g/mol. The Kier molecular flexibility index (Phi) is 52.8. The molecule has 0 radical (unpaired) electrons. The Balaban J connectivity index is 4.41. The molecule has 1 atom stereocenters. The van der Waals surface area contributed by atoms with E-state index in [0.717, 1.165) is 83.5 Å². The molecule has 0 saturated carbocycles. The molecular formula is C60H108O6. The van der Waals surface area contributed by atoms with Crippen LogP contribution in [0.3, 0.4) is 0 Å². The summed E-state index contributed by atoms with van der Waals surface area (Å²) in [6, 6.07) is 0. The van der Waals surface area contributed by atoms with Crippen molar-refractivity contribution in [3.63, 3.8) is 0 Å². The molecule has 0 aromatic rings. The third-order valence-corrected chi connectivity index (χ3v) is 12.6. The number of rotatable bonds is 52. The maximum absolute atomic E-state index is 12.8. The molecule has 0 aromatic heterocycles. The van der Waals surface area contributed by atoms with Gasteiger partial charge >= 0.3 is 17.9 Å². The molecule has 0 N–H and O–H groups in total. The first-order valence-electron chi connectivity index (χ1n) is 28.7. The minimum Gasteiger partial charge on any atom is -0.462 e. The number of allylic oxidation sites excluding steroid dienone is 8. The number of esters is 3. The monoisotopic (exact) mass is 925 g/mol. The van der Waals surface area contributed by atoms with Gasteiger partial charge in [0.25, 0.3) is 0 Å². The number of hydrogen-bond acceptors (Lipinski definition) is 6. The maximum atomic E-state index is 12.8. The zero-order chi connectivity index (χ0) is 47.9. The van der Waals surface area contributed by atoms with Crippen molar-refractivity contribution in [3.8, 4) is 0 Å². The molecule has 6 heteroatoms. The van der Waals surface area contributed by atoms with Crippen LogP contribution < -0.4 is 0 Å². The van der Waals surface area contributed by atoms with Crippen LogP contribution in [0.25, 0.3) is 0 Å². The van der Waals surface area contributed by atoms with Crippen LogP contribution in [-0.2, 0) is 28.6 Å². The second kappa shape index (κ2) is 55.0. The molecule has 0 rings (SSSR count). The third-order valence-electron chi connectivity index (χ3n) is 12.6. The molecule has 1 unspecified atom stereocenters. The van der Waals surface area contributed by atoms with E-state index in [1.54, 1.807) is 0 Å². The van der Waals surface area contributed by atoms with Gasteiger partial charge in [0.15, 0.2) is 6.10 Å². The Morgan fingerprint density at radius 3 is 0.970 bits per heavy atom. The molecule has 0 saturated heterocycles. The number of carbonyl (C=O) groups is 3. The molecule has 0 amide bonds. The zero-order valence-electron chi connectivity index (χ0n) is 44.0. The zero-order valence-corrected chi connectivity index (χ0v) is 44.0. The van der Waals surface area contributed by atoms with Crippen molar-refractivity contribution in [2.24, 2.45) is 0 Å². The average Bonchev–Trinajstić information content (AvgIpc) is 3.31. The van der Waals surface area contributed by atoms with Crippen molar-refractivity contribution in [2.75, 3.05) is 13.2 Å². The first-order valence-corrected chi connectivity index (χ1v) is 28.7. The summed E-state index contributed by atoms with van der Waals surface area (Å²) in [5.74, 6) is -0.904. The quantitative estimate of drug-likeness (QED) is 0.0199. The van der Waals surface area contributed by atoms with Gasteiger partial charge in [-0.1, -0.05) is 249 Å². The lowest BCUT2D eigenvalue weighted by molar-refractivity contribution is -0.167. The summed E-state index contributed by atoms with van der Waals surface area (Å²) in [6.07, 6.45) is 66.7. The van der Waals surface area contributed by atoms with Crippen LogP contribution in [0.4, 0.5) is 0 Å². The molecular weight excluding hydrogens is 817 g/mol. The summed E-state index contributed by atoms with van der Waals surface area (Å²) in [6.45, 7) is 6.61. The molecule has 0 aromatic carbocycles.